The third kappa shape index (κ3) is 3.49. The molecule has 0 atom stereocenters. The number of aliphatic hydroxyl groups excluding tert-OH is 1. The molecule has 2 N–H and O–H groups in total. The number of aliphatic hydroxyl groups is 1. The minimum Gasteiger partial charge on any atom is -0.396 e. The second-order valence-electron chi connectivity index (χ2n) is 9.93. The summed E-state index contributed by atoms with van der Waals surface area (Å²) in [4.78, 5) is 4.55. The summed E-state index contributed by atoms with van der Waals surface area (Å²) in [5, 5.41) is 23.9. The van der Waals surface area contributed by atoms with Gasteiger partial charge in [-0.15, -0.1) is 0 Å². The number of fused-ring (bicyclic) bond motifs is 2. The van der Waals surface area contributed by atoms with Crippen LogP contribution >= 0.6 is 0 Å². The van der Waals surface area contributed by atoms with Gasteiger partial charge in [0, 0.05) is 52.6 Å². The van der Waals surface area contributed by atoms with E-state index in [-0.39, 0.29) is 12.1 Å². The average Bonchev–Trinajstić information content (AvgIpc) is 3.15. The van der Waals surface area contributed by atoms with E-state index in [0.29, 0.717) is 17.5 Å². The molecular formula is C27H30N4O. The zero-order valence-electron chi connectivity index (χ0n) is 19.0. The first-order chi connectivity index (χ1) is 15.4. The molecule has 0 saturated heterocycles. The fraction of sp³-hybridized carbons (Fsp3) is 0.407. The number of aryl methyl sites for hydroxylation is 1. The van der Waals surface area contributed by atoms with Crippen molar-refractivity contribution in [1.82, 2.24) is 9.55 Å². The van der Waals surface area contributed by atoms with Gasteiger partial charge >= 0.3 is 0 Å². The van der Waals surface area contributed by atoms with Crippen molar-refractivity contribution in [2.45, 2.75) is 58.0 Å². The van der Waals surface area contributed by atoms with E-state index < -0.39 is 0 Å². The second kappa shape index (κ2) is 7.79. The molecule has 32 heavy (non-hydrogen) atoms. The van der Waals surface area contributed by atoms with Gasteiger partial charge in [0.2, 0.25) is 0 Å². The van der Waals surface area contributed by atoms with Gasteiger partial charge in [-0.05, 0) is 70.1 Å². The van der Waals surface area contributed by atoms with Crippen molar-refractivity contribution in [2.75, 3.05) is 11.9 Å². The molecule has 5 nitrogen and oxygen atoms in total. The number of hydrogen-bond donors (Lipinski definition) is 2. The number of pyridine rings is 1. The molecule has 1 aromatic carbocycles. The largest absolute Gasteiger partial charge is 0.396 e. The lowest BCUT2D eigenvalue weighted by molar-refractivity contribution is 0.170. The van der Waals surface area contributed by atoms with Crippen LogP contribution in [-0.2, 0) is 0 Å². The first-order valence-corrected chi connectivity index (χ1v) is 11.5. The minimum absolute atomic E-state index is 0.113. The van der Waals surface area contributed by atoms with Crippen LogP contribution < -0.4 is 5.32 Å². The fourth-order valence-electron chi connectivity index (χ4n) is 5.29. The Kier molecular flexibility index (Phi) is 5.06. The van der Waals surface area contributed by atoms with Crippen molar-refractivity contribution >= 4 is 22.7 Å². The number of rotatable bonds is 3. The Bertz CT molecular complexity index is 1250. The van der Waals surface area contributed by atoms with Gasteiger partial charge in [-0.25, -0.2) is 0 Å². The molecule has 3 heterocycles. The highest BCUT2D eigenvalue weighted by atomic mass is 16.3. The molecule has 1 fully saturated rings. The normalized spacial score (nSPS) is 21.7. The molecule has 3 aromatic rings. The lowest BCUT2D eigenvalue weighted by Gasteiger charge is -2.29. The molecule has 0 spiro atoms. The Hall–Kier alpha value is -3.10. The monoisotopic (exact) mass is 426 g/mol. The van der Waals surface area contributed by atoms with Crippen LogP contribution in [0.1, 0.15) is 62.3 Å². The van der Waals surface area contributed by atoms with Gasteiger partial charge in [0.25, 0.3) is 0 Å². The zero-order chi connectivity index (χ0) is 22.5. The van der Waals surface area contributed by atoms with Gasteiger partial charge in [0.1, 0.15) is 0 Å². The van der Waals surface area contributed by atoms with Crippen LogP contribution in [-0.4, -0.2) is 26.8 Å². The topological polar surface area (TPSA) is 73.9 Å². The molecule has 2 aliphatic rings. The first kappa shape index (κ1) is 20.8. The lowest BCUT2D eigenvalue weighted by Crippen LogP contribution is -2.30. The van der Waals surface area contributed by atoms with E-state index in [4.69, 9.17) is 0 Å². The van der Waals surface area contributed by atoms with Crippen LogP contribution in [0.4, 0.5) is 5.69 Å². The smallest absolute Gasteiger partial charge is 0.0994 e. The third-order valence-electron chi connectivity index (χ3n) is 7.17. The average molecular weight is 427 g/mol. The molecule has 164 valence electrons. The van der Waals surface area contributed by atoms with E-state index in [9.17, 15) is 10.4 Å². The molecule has 0 radical (unpaired) electrons. The maximum absolute atomic E-state index is 9.69. The van der Waals surface area contributed by atoms with Gasteiger partial charge in [-0.1, -0.05) is 12.2 Å². The van der Waals surface area contributed by atoms with E-state index in [2.05, 4.69) is 59.2 Å². The van der Waals surface area contributed by atoms with Crippen LogP contribution in [0.3, 0.4) is 0 Å². The highest BCUT2D eigenvalue weighted by Gasteiger charge is 2.26. The maximum atomic E-state index is 9.69. The van der Waals surface area contributed by atoms with Crippen LogP contribution in [0.5, 0.6) is 0 Å². The summed E-state index contributed by atoms with van der Waals surface area (Å²) < 4.78 is 2.41. The standard InChI is InChI=1S/C27H30N4O/c1-17-10-26-22(11-19(17)12-28)24(15-31(26)20-6-4-18(16-32)5-7-20)23-13-29-14-25-21(23)8-9-27(2,3)30-25/h8-11,13-15,18,20,30,32H,4-7,16H2,1-3H3. The van der Waals surface area contributed by atoms with Crippen LogP contribution in [0.15, 0.2) is 36.8 Å². The number of nitrogens with zero attached hydrogens (tertiary/aromatic N) is 3. The Morgan fingerprint density at radius 2 is 1.97 bits per heavy atom. The van der Waals surface area contributed by atoms with Gasteiger partial charge < -0.3 is 15.0 Å². The molecule has 0 unspecified atom stereocenters. The summed E-state index contributed by atoms with van der Waals surface area (Å²) >= 11 is 0. The minimum atomic E-state index is -0.113. The summed E-state index contributed by atoms with van der Waals surface area (Å²) in [7, 11) is 0. The van der Waals surface area contributed by atoms with Crippen LogP contribution in [0.2, 0.25) is 0 Å². The molecule has 1 saturated carbocycles. The second-order valence-corrected chi connectivity index (χ2v) is 9.93. The zero-order valence-corrected chi connectivity index (χ0v) is 19.0. The Morgan fingerprint density at radius 1 is 1.19 bits per heavy atom. The van der Waals surface area contributed by atoms with Crippen molar-refractivity contribution in [2.24, 2.45) is 5.92 Å². The van der Waals surface area contributed by atoms with Gasteiger partial charge in [-0.2, -0.15) is 5.26 Å². The predicted molar refractivity (Wildman–Crippen MR) is 129 cm³/mol. The quantitative estimate of drug-likeness (QED) is 0.553. The lowest BCUT2D eigenvalue weighted by atomic mass is 9.86. The first-order valence-electron chi connectivity index (χ1n) is 11.5. The molecule has 5 heteroatoms. The summed E-state index contributed by atoms with van der Waals surface area (Å²) in [6, 6.07) is 6.97. The van der Waals surface area contributed by atoms with Gasteiger partial charge in [0.15, 0.2) is 0 Å². The maximum Gasteiger partial charge on any atom is 0.0994 e. The number of hydrogen-bond acceptors (Lipinski definition) is 4. The number of aromatic nitrogens is 2. The number of nitrogens with one attached hydrogen (secondary N) is 1. The van der Waals surface area contributed by atoms with E-state index >= 15 is 0 Å². The number of nitriles is 1. The Labute approximate surface area is 189 Å². The van der Waals surface area contributed by atoms with E-state index in [0.717, 1.165) is 59.0 Å². The molecule has 1 aliphatic heterocycles. The SMILES string of the molecule is Cc1cc2c(cc1C#N)c(-c1cncc3c1C=CC(C)(C)N3)cn2C1CCC(CO)CC1. The molecule has 0 amide bonds. The molecule has 5 rings (SSSR count). The Balaban J connectivity index is 1.69. The summed E-state index contributed by atoms with van der Waals surface area (Å²) in [6.45, 7) is 6.59. The van der Waals surface area contributed by atoms with Crippen LogP contribution in [0.25, 0.3) is 28.1 Å². The molecular weight excluding hydrogens is 396 g/mol. The summed E-state index contributed by atoms with van der Waals surface area (Å²) in [5.41, 5.74) is 7.17. The highest BCUT2D eigenvalue weighted by molar-refractivity contribution is 6.00. The third-order valence-corrected chi connectivity index (χ3v) is 7.17. The number of anilines is 1. The van der Waals surface area contributed by atoms with Crippen molar-refractivity contribution in [3.05, 3.63) is 53.5 Å². The van der Waals surface area contributed by atoms with E-state index in [1.807, 2.05) is 25.4 Å². The fourth-order valence-corrected chi connectivity index (χ4v) is 5.29. The van der Waals surface area contributed by atoms with Crippen molar-refractivity contribution in [3.63, 3.8) is 0 Å². The Morgan fingerprint density at radius 3 is 2.69 bits per heavy atom. The highest BCUT2D eigenvalue weighted by Crippen LogP contribution is 2.42. The molecule has 2 aromatic heterocycles. The molecule has 0 bridgehead atoms. The van der Waals surface area contributed by atoms with Gasteiger partial charge in [0.05, 0.1) is 29.1 Å². The number of benzene rings is 1. The van der Waals surface area contributed by atoms with Gasteiger partial charge in [-0.3, -0.25) is 4.98 Å². The molecule has 1 aliphatic carbocycles. The van der Waals surface area contributed by atoms with Crippen molar-refractivity contribution < 1.29 is 5.11 Å². The predicted octanol–water partition coefficient (Wildman–Crippen LogP) is 5.82. The van der Waals surface area contributed by atoms with Crippen molar-refractivity contribution in [3.8, 4) is 17.2 Å². The van der Waals surface area contributed by atoms with Crippen molar-refractivity contribution in [1.29, 1.82) is 5.26 Å². The van der Waals surface area contributed by atoms with E-state index in [1.165, 1.54) is 5.52 Å². The van der Waals surface area contributed by atoms with Crippen LogP contribution in [0, 0.1) is 24.2 Å². The summed E-state index contributed by atoms with van der Waals surface area (Å²) in [5.74, 6) is 0.421. The van der Waals surface area contributed by atoms with E-state index in [1.54, 1.807) is 0 Å². The summed E-state index contributed by atoms with van der Waals surface area (Å²) in [6.07, 6.45) is 14.7.